The van der Waals surface area contributed by atoms with Crippen LogP contribution in [-0.2, 0) is 0 Å². The lowest BCUT2D eigenvalue weighted by Gasteiger charge is -2.08. The first-order valence-electron chi connectivity index (χ1n) is 6.27. The number of non-ortho nitro benzene ring substituents is 1. The Hall–Kier alpha value is -2.89. The maximum Gasteiger partial charge on any atom is 0.270 e. The highest BCUT2D eigenvalue weighted by atomic mass is 16.6. The van der Waals surface area contributed by atoms with E-state index in [4.69, 9.17) is 0 Å². The van der Waals surface area contributed by atoms with Gasteiger partial charge in [0.1, 0.15) is 11.5 Å². The number of benzene rings is 2. The molecule has 0 aliphatic carbocycles. The fourth-order valence-corrected chi connectivity index (χ4v) is 1.87. The SMILES string of the molecule is CC(N=Cc1cc([N+](=O)[O-])ccc1O)c1ccccc1O. The third-order valence-corrected chi connectivity index (χ3v) is 3.05. The van der Waals surface area contributed by atoms with E-state index in [9.17, 15) is 20.3 Å². The molecule has 0 radical (unpaired) electrons. The van der Waals surface area contributed by atoms with Crippen LogP contribution in [0.15, 0.2) is 47.5 Å². The fraction of sp³-hybridized carbons (Fsp3) is 0.133. The standard InChI is InChI=1S/C15H14N2O4/c1-10(13-4-2-3-5-15(13)19)16-9-11-8-12(17(20)21)6-7-14(11)18/h2-10,18-19H,1H3. The molecule has 0 fully saturated rings. The fourth-order valence-electron chi connectivity index (χ4n) is 1.87. The van der Waals surface area contributed by atoms with Crippen LogP contribution in [-0.4, -0.2) is 21.4 Å². The summed E-state index contributed by atoms with van der Waals surface area (Å²) in [5.74, 6) is 0.0410. The number of phenols is 2. The van der Waals surface area contributed by atoms with E-state index in [1.54, 1.807) is 31.2 Å². The predicted octanol–water partition coefficient (Wildman–Crippen LogP) is 3.19. The first-order chi connectivity index (χ1) is 9.99. The lowest BCUT2D eigenvalue weighted by atomic mass is 10.1. The molecule has 0 saturated carbocycles. The van der Waals surface area contributed by atoms with Gasteiger partial charge in [-0.05, 0) is 19.1 Å². The molecule has 1 atom stereocenters. The van der Waals surface area contributed by atoms with Crippen LogP contribution in [0.3, 0.4) is 0 Å². The van der Waals surface area contributed by atoms with E-state index in [0.717, 1.165) is 0 Å². The number of para-hydroxylation sites is 1. The summed E-state index contributed by atoms with van der Waals surface area (Å²) in [4.78, 5) is 14.4. The van der Waals surface area contributed by atoms with Gasteiger partial charge in [0.25, 0.3) is 5.69 Å². The summed E-state index contributed by atoms with van der Waals surface area (Å²) in [5.41, 5.74) is 0.773. The number of hydrogen-bond donors (Lipinski definition) is 2. The van der Waals surface area contributed by atoms with Crippen molar-refractivity contribution >= 4 is 11.9 Å². The topological polar surface area (TPSA) is 96.0 Å². The van der Waals surface area contributed by atoms with Gasteiger partial charge in [-0.3, -0.25) is 15.1 Å². The Morgan fingerprint density at radius 1 is 1.19 bits per heavy atom. The Kier molecular flexibility index (Phi) is 4.18. The molecule has 0 aliphatic heterocycles. The first kappa shape index (κ1) is 14.5. The second kappa shape index (κ2) is 6.04. The number of aromatic hydroxyl groups is 2. The summed E-state index contributed by atoms with van der Waals surface area (Å²) in [5, 5.41) is 30.1. The van der Waals surface area contributed by atoms with Crippen LogP contribution >= 0.6 is 0 Å². The van der Waals surface area contributed by atoms with Crippen LogP contribution in [0.2, 0.25) is 0 Å². The van der Waals surface area contributed by atoms with Gasteiger partial charge in [0.05, 0.1) is 11.0 Å². The Morgan fingerprint density at radius 3 is 2.57 bits per heavy atom. The molecule has 2 aromatic rings. The number of nitrogens with zero attached hydrogens (tertiary/aromatic N) is 2. The summed E-state index contributed by atoms with van der Waals surface area (Å²) in [7, 11) is 0. The molecule has 0 aliphatic rings. The molecule has 0 spiro atoms. The second-order valence-electron chi connectivity index (χ2n) is 4.51. The highest BCUT2D eigenvalue weighted by molar-refractivity contribution is 5.84. The predicted molar refractivity (Wildman–Crippen MR) is 78.9 cm³/mol. The zero-order chi connectivity index (χ0) is 15.4. The van der Waals surface area contributed by atoms with Gasteiger partial charge >= 0.3 is 0 Å². The minimum Gasteiger partial charge on any atom is -0.508 e. The van der Waals surface area contributed by atoms with E-state index in [2.05, 4.69) is 4.99 Å². The molecule has 6 heteroatoms. The van der Waals surface area contributed by atoms with Gasteiger partial charge < -0.3 is 10.2 Å². The number of hydrogen-bond acceptors (Lipinski definition) is 5. The Balaban J connectivity index is 2.27. The molecule has 21 heavy (non-hydrogen) atoms. The van der Waals surface area contributed by atoms with Gasteiger partial charge in [0, 0.05) is 29.5 Å². The molecule has 108 valence electrons. The highest BCUT2D eigenvalue weighted by Gasteiger charge is 2.10. The van der Waals surface area contributed by atoms with Crippen molar-refractivity contribution in [3.63, 3.8) is 0 Å². The zero-order valence-corrected chi connectivity index (χ0v) is 11.3. The van der Waals surface area contributed by atoms with Gasteiger partial charge in [-0.1, -0.05) is 18.2 Å². The third kappa shape index (κ3) is 3.36. The van der Waals surface area contributed by atoms with Crippen molar-refractivity contribution in [1.29, 1.82) is 0 Å². The van der Waals surface area contributed by atoms with Gasteiger partial charge in [-0.25, -0.2) is 0 Å². The summed E-state index contributed by atoms with van der Waals surface area (Å²) >= 11 is 0. The van der Waals surface area contributed by atoms with Crippen LogP contribution < -0.4 is 0 Å². The van der Waals surface area contributed by atoms with E-state index < -0.39 is 4.92 Å². The Bertz CT molecular complexity index is 698. The number of phenolic OH excluding ortho intramolecular Hbond substituents is 2. The molecule has 6 nitrogen and oxygen atoms in total. The first-order valence-corrected chi connectivity index (χ1v) is 6.27. The maximum absolute atomic E-state index is 10.7. The Morgan fingerprint density at radius 2 is 1.90 bits per heavy atom. The molecule has 2 N–H and O–H groups in total. The van der Waals surface area contributed by atoms with Crippen LogP contribution in [0.1, 0.15) is 24.1 Å². The lowest BCUT2D eigenvalue weighted by molar-refractivity contribution is -0.384. The Labute approximate surface area is 121 Å². The lowest BCUT2D eigenvalue weighted by Crippen LogP contribution is -1.94. The van der Waals surface area contributed by atoms with Crippen LogP contribution in [0, 0.1) is 10.1 Å². The molecule has 1 unspecified atom stereocenters. The summed E-state index contributed by atoms with van der Waals surface area (Å²) < 4.78 is 0. The number of aliphatic imine (C=N–C) groups is 1. The largest absolute Gasteiger partial charge is 0.508 e. The van der Waals surface area contributed by atoms with Crippen LogP contribution in [0.25, 0.3) is 0 Å². The van der Waals surface area contributed by atoms with Gasteiger partial charge in [0.2, 0.25) is 0 Å². The normalized spacial score (nSPS) is 12.4. The van der Waals surface area contributed by atoms with Crippen molar-refractivity contribution in [3.8, 4) is 11.5 Å². The monoisotopic (exact) mass is 286 g/mol. The average Bonchev–Trinajstić information content (AvgIpc) is 2.46. The summed E-state index contributed by atoms with van der Waals surface area (Å²) in [6.07, 6.45) is 1.36. The average molecular weight is 286 g/mol. The molecular formula is C15H14N2O4. The van der Waals surface area contributed by atoms with Crippen molar-refractivity contribution < 1.29 is 15.1 Å². The highest BCUT2D eigenvalue weighted by Crippen LogP contribution is 2.27. The number of nitro benzene ring substituents is 1. The molecule has 2 rings (SSSR count). The summed E-state index contributed by atoms with van der Waals surface area (Å²) in [6, 6.07) is 10.2. The van der Waals surface area contributed by atoms with Crippen LogP contribution in [0.4, 0.5) is 5.69 Å². The minimum absolute atomic E-state index is 0.0890. The van der Waals surface area contributed by atoms with Crippen molar-refractivity contribution in [2.75, 3.05) is 0 Å². The minimum atomic E-state index is -0.538. The molecule has 0 heterocycles. The smallest absolute Gasteiger partial charge is 0.270 e. The van der Waals surface area contributed by atoms with E-state index in [1.165, 1.54) is 24.4 Å². The van der Waals surface area contributed by atoms with Crippen molar-refractivity contribution in [2.45, 2.75) is 13.0 Å². The molecule has 0 amide bonds. The quantitative estimate of drug-likeness (QED) is 0.512. The molecule has 0 aromatic heterocycles. The van der Waals surface area contributed by atoms with Crippen molar-refractivity contribution in [3.05, 3.63) is 63.7 Å². The molecule has 0 saturated heterocycles. The van der Waals surface area contributed by atoms with Crippen LogP contribution in [0.5, 0.6) is 11.5 Å². The van der Waals surface area contributed by atoms with Gasteiger partial charge in [0.15, 0.2) is 0 Å². The number of rotatable bonds is 4. The van der Waals surface area contributed by atoms with E-state index in [0.29, 0.717) is 5.56 Å². The van der Waals surface area contributed by atoms with E-state index in [-0.39, 0.29) is 28.8 Å². The van der Waals surface area contributed by atoms with Crippen molar-refractivity contribution in [2.24, 2.45) is 4.99 Å². The van der Waals surface area contributed by atoms with Crippen molar-refractivity contribution in [1.82, 2.24) is 0 Å². The molecule has 2 aromatic carbocycles. The van der Waals surface area contributed by atoms with E-state index in [1.807, 2.05) is 0 Å². The molecular weight excluding hydrogens is 272 g/mol. The van der Waals surface area contributed by atoms with Gasteiger partial charge in [-0.2, -0.15) is 0 Å². The number of nitro groups is 1. The maximum atomic E-state index is 10.7. The second-order valence-corrected chi connectivity index (χ2v) is 4.51. The summed E-state index contributed by atoms with van der Waals surface area (Å²) in [6.45, 7) is 1.78. The molecule has 0 bridgehead atoms. The zero-order valence-electron chi connectivity index (χ0n) is 11.3. The van der Waals surface area contributed by atoms with E-state index >= 15 is 0 Å². The van der Waals surface area contributed by atoms with Gasteiger partial charge in [-0.15, -0.1) is 0 Å². The third-order valence-electron chi connectivity index (χ3n) is 3.05.